The van der Waals surface area contributed by atoms with Crippen molar-refractivity contribution in [2.75, 3.05) is 18.4 Å². The zero-order valence-corrected chi connectivity index (χ0v) is 16.7. The molecule has 1 aliphatic heterocycles. The van der Waals surface area contributed by atoms with Gasteiger partial charge in [-0.25, -0.2) is 14.6 Å². The zero-order chi connectivity index (χ0) is 22.0. The number of rotatable bonds is 4. The van der Waals surface area contributed by atoms with Crippen molar-refractivity contribution < 1.29 is 18.0 Å². The molecule has 3 aromatic heterocycles. The average Bonchev–Trinajstić information content (AvgIpc) is 3.28. The molecule has 1 aliphatic rings. The van der Waals surface area contributed by atoms with Gasteiger partial charge in [-0.05, 0) is 44.0 Å². The van der Waals surface area contributed by atoms with Gasteiger partial charge in [0.15, 0.2) is 5.82 Å². The largest absolute Gasteiger partial charge is 0.417 e. The van der Waals surface area contributed by atoms with Gasteiger partial charge in [-0.2, -0.15) is 13.2 Å². The smallest absolute Gasteiger partial charge is 0.366 e. The lowest BCUT2D eigenvalue weighted by molar-refractivity contribution is -0.137. The predicted octanol–water partition coefficient (Wildman–Crippen LogP) is 3.10. The van der Waals surface area contributed by atoms with E-state index in [1.165, 1.54) is 16.9 Å². The second-order valence-electron chi connectivity index (χ2n) is 7.34. The van der Waals surface area contributed by atoms with Crippen LogP contribution in [-0.4, -0.2) is 54.9 Å². The Bertz CT molecular complexity index is 1050. The van der Waals surface area contributed by atoms with Crippen LogP contribution < -0.4 is 5.32 Å². The molecule has 0 bridgehead atoms. The Balaban J connectivity index is 1.49. The topological polar surface area (TPSA) is 88.8 Å². The first-order chi connectivity index (χ1) is 14.8. The van der Waals surface area contributed by atoms with E-state index in [0.29, 0.717) is 30.3 Å². The molecule has 162 valence electrons. The number of hydrogen-bond donors (Lipinski definition) is 1. The Hall–Kier alpha value is -3.50. The molecule has 3 aromatic rings. The van der Waals surface area contributed by atoms with Gasteiger partial charge in [0, 0.05) is 31.0 Å². The molecule has 4 rings (SSSR count). The highest BCUT2D eigenvalue weighted by Crippen LogP contribution is 2.29. The summed E-state index contributed by atoms with van der Waals surface area (Å²) in [5.74, 6) is 0.555. The number of nitrogens with one attached hydrogen (secondary N) is 1. The van der Waals surface area contributed by atoms with Crippen LogP contribution in [0.2, 0.25) is 0 Å². The van der Waals surface area contributed by atoms with Gasteiger partial charge in [0.25, 0.3) is 5.91 Å². The van der Waals surface area contributed by atoms with Crippen molar-refractivity contribution in [2.24, 2.45) is 0 Å². The van der Waals surface area contributed by atoms with Crippen molar-refractivity contribution in [3.05, 3.63) is 59.7 Å². The Labute approximate surface area is 176 Å². The van der Waals surface area contributed by atoms with Crippen LogP contribution in [0.5, 0.6) is 0 Å². The van der Waals surface area contributed by atoms with Crippen molar-refractivity contribution in [1.29, 1.82) is 0 Å². The SMILES string of the molecule is Cc1ccc(C(=O)N2CCCC(Nc3ccc(C(F)(F)F)cn3)C2)c(-n2ccnn2)n1. The number of halogens is 3. The Morgan fingerprint density at radius 2 is 2.06 bits per heavy atom. The number of likely N-dealkylation sites (tertiary alicyclic amines) is 1. The first-order valence-electron chi connectivity index (χ1n) is 9.74. The summed E-state index contributed by atoms with van der Waals surface area (Å²) in [4.78, 5) is 23.2. The lowest BCUT2D eigenvalue weighted by atomic mass is 10.0. The molecule has 1 fully saturated rings. The van der Waals surface area contributed by atoms with Crippen molar-refractivity contribution in [3.63, 3.8) is 0 Å². The molecule has 4 heterocycles. The molecule has 0 aliphatic carbocycles. The number of piperidine rings is 1. The third kappa shape index (κ3) is 4.65. The van der Waals surface area contributed by atoms with Gasteiger partial charge in [-0.1, -0.05) is 5.21 Å². The number of alkyl halides is 3. The molecule has 31 heavy (non-hydrogen) atoms. The third-order valence-electron chi connectivity index (χ3n) is 5.04. The number of nitrogens with zero attached hydrogens (tertiary/aromatic N) is 6. The molecule has 1 amide bonds. The van der Waals surface area contributed by atoms with E-state index in [4.69, 9.17) is 0 Å². The van der Waals surface area contributed by atoms with Crippen molar-refractivity contribution in [1.82, 2.24) is 29.9 Å². The Morgan fingerprint density at radius 1 is 1.23 bits per heavy atom. The van der Waals surface area contributed by atoms with Gasteiger partial charge >= 0.3 is 6.18 Å². The summed E-state index contributed by atoms with van der Waals surface area (Å²) in [6, 6.07) is 5.64. The van der Waals surface area contributed by atoms with E-state index in [2.05, 4.69) is 25.6 Å². The molecule has 0 spiro atoms. The van der Waals surface area contributed by atoms with Crippen LogP contribution in [0.4, 0.5) is 19.0 Å². The number of hydrogen-bond acceptors (Lipinski definition) is 6. The second-order valence-corrected chi connectivity index (χ2v) is 7.34. The Morgan fingerprint density at radius 3 is 2.74 bits per heavy atom. The summed E-state index contributed by atoms with van der Waals surface area (Å²) in [5.41, 5.74) is 0.351. The summed E-state index contributed by atoms with van der Waals surface area (Å²) < 4.78 is 39.6. The molecule has 1 saturated heterocycles. The van der Waals surface area contributed by atoms with Crippen molar-refractivity contribution in [3.8, 4) is 5.82 Å². The normalized spacial score (nSPS) is 16.9. The van der Waals surface area contributed by atoms with Crippen LogP contribution in [0.1, 0.15) is 34.5 Å². The average molecular weight is 431 g/mol. The van der Waals surface area contributed by atoms with Crippen LogP contribution >= 0.6 is 0 Å². The fraction of sp³-hybridized carbons (Fsp3) is 0.350. The summed E-state index contributed by atoms with van der Waals surface area (Å²) in [6.45, 7) is 2.79. The molecule has 0 saturated carbocycles. The molecule has 11 heteroatoms. The van der Waals surface area contributed by atoms with E-state index in [9.17, 15) is 18.0 Å². The van der Waals surface area contributed by atoms with Crippen LogP contribution in [0.3, 0.4) is 0 Å². The molecule has 8 nitrogen and oxygen atoms in total. The van der Waals surface area contributed by atoms with E-state index in [1.54, 1.807) is 23.2 Å². The molecule has 1 N–H and O–H groups in total. The maximum atomic E-state index is 13.2. The van der Waals surface area contributed by atoms with Crippen LogP contribution in [0, 0.1) is 6.92 Å². The van der Waals surface area contributed by atoms with Gasteiger partial charge in [-0.15, -0.1) is 5.10 Å². The first kappa shape index (κ1) is 20.8. The van der Waals surface area contributed by atoms with Gasteiger partial charge < -0.3 is 10.2 Å². The fourth-order valence-electron chi connectivity index (χ4n) is 3.51. The maximum Gasteiger partial charge on any atom is 0.417 e. The highest BCUT2D eigenvalue weighted by molar-refractivity contribution is 5.97. The number of aromatic nitrogens is 5. The third-order valence-corrected chi connectivity index (χ3v) is 5.04. The van der Waals surface area contributed by atoms with Crippen molar-refractivity contribution >= 4 is 11.7 Å². The highest BCUT2D eigenvalue weighted by atomic mass is 19.4. The summed E-state index contributed by atoms with van der Waals surface area (Å²) in [7, 11) is 0. The predicted molar refractivity (Wildman–Crippen MR) is 106 cm³/mol. The van der Waals surface area contributed by atoms with Crippen LogP contribution in [0.25, 0.3) is 5.82 Å². The lowest BCUT2D eigenvalue weighted by Crippen LogP contribution is -2.45. The van der Waals surface area contributed by atoms with Crippen LogP contribution in [0.15, 0.2) is 42.9 Å². The van der Waals surface area contributed by atoms with Gasteiger partial charge in [0.05, 0.1) is 23.5 Å². The zero-order valence-electron chi connectivity index (χ0n) is 16.7. The van der Waals surface area contributed by atoms with E-state index in [1.807, 2.05) is 6.92 Å². The number of carbonyl (C=O) groups excluding carboxylic acids is 1. The summed E-state index contributed by atoms with van der Waals surface area (Å²) in [5, 5.41) is 10.9. The Kier molecular flexibility index (Phi) is 5.57. The maximum absolute atomic E-state index is 13.2. The standard InChI is InChI=1S/C20H20F3N7O/c1-13-4-6-16(18(26-13)30-10-8-25-28-30)19(31)29-9-2-3-15(12-29)27-17-7-5-14(11-24-17)20(21,22)23/h4-8,10-11,15H,2-3,9,12H2,1H3,(H,24,27). The monoisotopic (exact) mass is 431 g/mol. The van der Waals surface area contributed by atoms with E-state index in [-0.39, 0.29) is 11.9 Å². The molecular weight excluding hydrogens is 411 g/mol. The second kappa shape index (κ2) is 8.32. The van der Waals surface area contributed by atoms with E-state index >= 15 is 0 Å². The number of amides is 1. The number of carbonyl (C=O) groups is 1. The molecule has 1 atom stereocenters. The van der Waals surface area contributed by atoms with Gasteiger partial charge in [0.1, 0.15) is 5.82 Å². The molecule has 0 aromatic carbocycles. The molecule has 1 unspecified atom stereocenters. The number of pyridine rings is 2. The minimum absolute atomic E-state index is 0.129. The number of anilines is 1. The van der Waals surface area contributed by atoms with E-state index < -0.39 is 11.7 Å². The minimum atomic E-state index is -4.43. The summed E-state index contributed by atoms with van der Waals surface area (Å²) >= 11 is 0. The number of aryl methyl sites for hydroxylation is 1. The van der Waals surface area contributed by atoms with E-state index in [0.717, 1.165) is 30.8 Å². The first-order valence-corrected chi connectivity index (χ1v) is 9.74. The van der Waals surface area contributed by atoms with Gasteiger partial charge in [-0.3, -0.25) is 4.79 Å². The fourth-order valence-corrected chi connectivity index (χ4v) is 3.51. The lowest BCUT2D eigenvalue weighted by Gasteiger charge is -2.33. The highest BCUT2D eigenvalue weighted by Gasteiger charge is 2.31. The van der Waals surface area contributed by atoms with Crippen LogP contribution in [-0.2, 0) is 6.18 Å². The quantitative estimate of drug-likeness (QED) is 0.683. The molecule has 0 radical (unpaired) electrons. The minimum Gasteiger partial charge on any atom is -0.366 e. The molecular formula is C20H20F3N7O. The van der Waals surface area contributed by atoms with Gasteiger partial charge in [0.2, 0.25) is 0 Å². The summed E-state index contributed by atoms with van der Waals surface area (Å²) in [6.07, 6.45) is 1.03. The van der Waals surface area contributed by atoms with Crippen molar-refractivity contribution in [2.45, 2.75) is 32.0 Å².